The standard InChI is InChI=1S/C13H18N4S2/c1-8-16-10-4-3-5-11(12(10)18-8)17(2)7-9-6-15-13(14)19-9/h6,11H,3-5,7H2,1-2H3,(H2,14,15). The molecule has 0 aliphatic heterocycles. The number of aromatic nitrogens is 2. The highest BCUT2D eigenvalue weighted by Crippen LogP contribution is 2.38. The lowest BCUT2D eigenvalue weighted by molar-refractivity contribution is 0.218. The molecule has 1 atom stereocenters. The molecule has 0 fully saturated rings. The summed E-state index contributed by atoms with van der Waals surface area (Å²) in [5.41, 5.74) is 7.01. The number of fused-ring (bicyclic) bond motifs is 1. The SMILES string of the molecule is Cc1nc2c(s1)C(N(C)Cc1cnc(N)s1)CCC2. The van der Waals surface area contributed by atoms with Crippen molar-refractivity contribution in [3.05, 3.63) is 26.7 Å². The van der Waals surface area contributed by atoms with Crippen molar-refractivity contribution in [1.29, 1.82) is 0 Å². The van der Waals surface area contributed by atoms with Crippen LogP contribution in [-0.4, -0.2) is 21.9 Å². The molecule has 0 bridgehead atoms. The summed E-state index contributed by atoms with van der Waals surface area (Å²) in [5, 5.41) is 1.84. The van der Waals surface area contributed by atoms with E-state index < -0.39 is 0 Å². The van der Waals surface area contributed by atoms with Crippen LogP contribution in [0.3, 0.4) is 0 Å². The van der Waals surface area contributed by atoms with Crippen LogP contribution >= 0.6 is 22.7 Å². The van der Waals surface area contributed by atoms with Crippen molar-refractivity contribution in [3.8, 4) is 0 Å². The predicted octanol–water partition coefficient (Wildman–Crippen LogP) is 3.00. The van der Waals surface area contributed by atoms with Crippen LogP contribution in [0.25, 0.3) is 0 Å². The van der Waals surface area contributed by atoms with Gasteiger partial charge in [-0.1, -0.05) is 0 Å². The second-order valence-corrected chi connectivity index (χ2v) is 7.41. The third kappa shape index (κ3) is 2.66. The molecule has 1 aliphatic carbocycles. The van der Waals surface area contributed by atoms with Crippen LogP contribution in [0, 0.1) is 6.92 Å². The second-order valence-electron chi connectivity index (χ2n) is 5.03. The Morgan fingerprint density at radius 1 is 1.47 bits per heavy atom. The van der Waals surface area contributed by atoms with Crippen LogP contribution in [0.4, 0.5) is 5.13 Å². The summed E-state index contributed by atoms with van der Waals surface area (Å²) in [6.45, 7) is 3.01. The average Bonchev–Trinajstić information content (AvgIpc) is 2.93. The van der Waals surface area contributed by atoms with E-state index in [1.54, 1.807) is 11.3 Å². The quantitative estimate of drug-likeness (QED) is 0.945. The molecule has 0 spiro atoms. The van der Waals surface area contributed by atoms with E-state index in [2.05, 4.69) is 28.8 Å². The molecule has 0 saturated heterocycles. The van der Waals surface area contributed by atoms with E-state index in [0.717, 1.165) is 13.0 Å². The number of hydrogen-bond donors (Lipinski definition) is 1. The number of nitrogens with zero attached hydrogens (tertiary/aromatic N) is 3. The summed E-state index contributed by atoms with van der Waals surface area (Å²) in [6.07, 6.45) is 5.48. The number of rotatable bonds is 3. The average molecular weight is 294 g/mol. The lowest BCUT2D eigenvalue weighted by Gasteiger charge is -2.30. The fourth-order valence-corrected chi connectivity index (χ4v) is 4.61. The minimum atomic E-state index is 0.498. The maximum atomic E-state index is 5.69. The highest BCUT2D eigenvalue weighted by Gasteiger charge is 2.27. The second kappa shape index (κ2) is 5.19. The fourth-order valence-electron chi connectivity index (χ4n) is 2.69. The zero-order valence-electron chi connectivity index (χ0n) is 11.2. The molecule has 1 aliphatic rings. The molecule has 1 unspecified atom stereocenters. The fraction of sp³-hybridized carbons (Fsp3) is 0.538. The molecule has 6 heteroatoms. The van der Waals surface area contributed by atoms with Crippen molar-refractivity contribution in [2.24, 2.45) is 0 Å². The molecule has 0 radical (unpaired) electrons. The topological polar surface area (TPSA) is 55.0 Å². The number of nitrogens with two attached hydrogens (primary N) is 1. The number of hydrogen-bond acceptors (Lipinski definition) is 6. The van der Waals surface area contributed by atoms with Crippen molar-refractivity contribution in [2.45, 2.75) is 38.8 Å². The van der Waals surface area contributed by atoms with Crippen molar-refractivity contribution in [3.63, 3.8) is 0 Å². The Morgan fingerprint density at radius 2 is 2.32 bits per heavy atom. The first-order chi connectivity index (χ1) is 9.13. The molecule has 4 nitrogen and oxygen atoms in total. The summed E-state index contributed by atoms with van der Waals surface area (Å²) >= 11 is 3.43. The van der Waals surface area contributed by atoms with Gasteiger partial charge in [-0.05, 0) is 33.2 Å². The lowest BCUT2D eigenvalue weighted by Crippen LogP contribution is -2.26. The van der Waals surface area contributed by atoms with Crippen molar-refractivity contribution < 1.29 is 0 Å². The Labute approximate surface area is 121 Å². The van der Waals surface area contributed by atoms with Crippen LogP contribution in [0.2, 0.25) is 0 Å². The van der Waals surface area contributed by atoms with Crippen molar-refractivity contribution >= 4 is 27.8 Å². The van der Waals surface area contributed by atoms with Crippen molar-refractivity contribution in [2.75, 3.05) is 12.8 Å². The number of thiazole rings is 2. The van der Waals surface area contributed by atoms with Gasteiger partial charge in [-0.3, -0.25) is 4.90 Å². The third-order valence-electron chi connectivity index (χ3n) is 3.54. The van der Waals surface area contributed by atoms with E-state index in [1.165, 1.54) is 33.3 Å². The minimum Gasteiger partial charge on any atom is -0.375 e. The van der Waals surface area contributed by atoms with Gasteiger partial charge in [0.15, 0.2) is 5.13 Å². The van der Waals surface area contributed by atoms with Gasteiger partial charge in [0, 0.05) is 28.5 Å². The van der Waals surface area contributed by atoms with E-state index in [9.17, 15) is 0 Å². The third-order valence-corrected chi connectivity index (χ3v) is 5.46. The normalized spacial score (nSPS) is 18.8. The summed E-state index contributed by atoms with van der Waals surface area (Å²) in [4.78, 5) is 13.9. The number of aryl methyl sites for hydroxylation is 2. The molecule has 2 heterocycles. The number of anilines is 1. The molecule has 19 heavy (non-hydrogen) atoms. The van der Waals surface area contributed by atoms with Crippen LogP contribution < -0.4 is 5.73 Å². The summed E-state index contributed by atoms with van der Waals surface area (Å²) in [7, 11) is 2.19. The summed E-state index contributed by atoms with van der Waals surface area (Å²) in [5.74, 6) is 0. The molecule has 0 amide bonds. The maximum Gasteiger partial charge on any atom is 0.180 e. The molecule has 2 aromatic heterocycles. The van der Waals surface area contributed by atoms with Gasteiger partial charge in [0.25, 0.3) is 0 Å². The first-order valence-electron chi connectivity index (χ1n) is 6.50. The van der Waals surface area contributed by atoms with E-state index in [4.69, 9.17) is 5.73 Å². The molecule has 3 rings (SSSR count). The zero-order chi connectivity index (χ0) is 13.4. The molecular weight excluding hydrogens is 276 g/mol. The van der Waals surface area contributed by atoms with Gasteiger partial charge in [-0.2, -0.15) is 0 Å². The van der Waals surface area contributed by atoms with Gasteiger partial charge in [-0.15, -0.1) is 22.7 Å². The first kappa shape index (κ1) is 13.0. The Balaban J connectivity index is 1.79. The Bertz CT molecular complexity index is 575. The zero-order valence-corrected chi connectivity index (χ0v) is 12.9. The number of nitrogen functional groups attached to an aromatic ring is 1. The van der Waals surface area contributed by atoms with Gasteiger partial charge < -0.3 is 5.73 Å². The summed E-state index contributed by atoms with van der Waals surface area (Å²) < 4.78 is 0. The highest BCUT2D eigenvalue weighted by molar-refractivity contribution is 7.15. The Morgan fingerprint density at radius 3 is 3.05 bits per heavy atom. The molecule has 0 saturated carbocycles. The molecule has 102 valence electrons. The van der Waals surface area contributed by atoms with E-state index in [-0.39, 0.29) is 0 Å². The van der Waals surface area contributed by atoms with Crippen LogP contribution in [-0.2, 0) is 13.0 Å². The maximum absolute atomic E-state index is 5.69. The largest absolute Gasteiger partial charge is 0.375 e. The molecule has 0 aromatic carbocycles. The Kier molecular flexibility index (Phi) is 3.56. The van der Waals surface area contributed by atoms with Crippen molar-refractivity contribution in [1.82, 2.24) is 14.9 Å². The van der Waals surface area contributed by atoms with Crippen LogP contribution in [0.1, 0.15) is 39.3 Å². The Hall–Kier alpha value is -0.980. The first-order valence-corrected chi connectivity index (χ1v) is 8.13. The monoisotopic (exact) mass is 294 g/mol. The van der Waals surface area contributed by atoms with E-state index in [1.807, 2.05) is 17.5 Å². The van der Waals surface area contributed by atoms with E-state index in [0.29, 0.717) is 11.2 Å². The predicted molar refractivity (Wildman–Crippen MR) is 80.5 cm³/mol. The van der Waals surface area contributed by atoms with Gasteiger partial charge in [-0.25, -0.2) is 9.97 Å². The molecule has 2 aromatic rings. The van der Waals surface area contributed by atoms with Gasteiger partial charge in [0.2, 0.25) is 0 Å². The molecular formula is C13H18N4S2. The lowest BCUT2D eigenvalue weighted by atomic mass is 9.97. The van der Waals surface area contributed by atoms with Gasteiger partial charge >= 0.3 is 0 Å². The smallest absolute Gasteiger partial charge is 0.180 e. The van der Waals surface area contributed by atoms with E-state index >= 15 is 0 Å². The van der Waals surface area contributed by atoms with Gasteiger partial charge in [0.1, 0.15) is 0 Å². The van der Waals surface area contributed by atoms with Crippen LogP contribution in [0.5, 0.6) is 0 Å². The van der Waals surface area contributed by atoms with Crippen LogP contribution in [0.15, 0.2) is 6.20 Å². The van der Waals surface area contributed by atoms with Gasteiger partial charge in [0.05, 0.1) is 10.7 Å². The minimum absolute atomic E-state index is 0.498. The highest BCUT2D eigenvalue weighted by atomic mass is 32.1. The summed E-state index contributed by atoms with van der Waals surface area (Å²) in [6, 6.07) is 0.498. The molecule has 2 N–H and O–H groups in total.